The van der Waals surface area contributed by atoms with E-state index in [0.717, 1.165) is 4.47 Å². The number of hydrogen-bond donors (Lipinski definition) is 2. The molecule has 1 atom stereocenters. The molecule has 1 aromatic heterocycles. The molecule has 2 N–H and O–H groups in total. The second kappa shape index (κ2) is 5.67. The lowest BCUT2D eigenvalue weighted by Crippen LogP contribution is -2.36. The molecule has 0 fully saturated rings. The minimum Gasteiger partial charge on any atom is -0.387 e. The van der Waals surface area contributed by atoms with E-state index in [1.165, 1.54) is 0 Å². The quantitative estimate of drug-likeness (QED) is 0.866. The average Bonchev–Trinajstić information content (AvgIpc) is 2.17. The summed E-state index contributed by atoms with van der Waals surface area (Å²) in [7, 11) is 0. The second-order valence-corrected chi connectivity index (χ2v) is 5.29. The van der Waals surface area contributed by atoms with Gasteiger partial charge in [0.2, 0.25) is 5.95 Å². The van der Waals surface area contributed by atoms with Crippen LogP contribution in [0.5, 0.6) is 0 Å². The third-order valence-electron chi connectivity index (χ3n) is 1.70. The molecule has 1 unspecified atom stereocenters. The summed E-state index contributed by atoms with van der Waals surface area (Å²) in [6.45, 7) is 2.23. The highest BCUT2D eigenvalue weighted by Crippen LogP contribution is 2.12. The highest BCUT2D eigenvalue weighted by atomic mass is 79.9. The smallest absolute Gasteiger partial charge is 0.222 e. The predicted octanol–water partition coefficient (Wildman–Crippen LogP) is 1.76. The van der Waals surface area contributed by atoms with Crippen molar-refractivity contribution < 1.29 is 5.11 Å². The van der Waals surface area contributed by atoms with Crippen LogP contribution in [0.15, 0.2) is 16.9 Å². The van der Waals surface area contributed by atoms with E-state index in [-0.39, 0.29) is 0 Å². The first kappa shape index (κ1) is 12.7. The predicted molar refractivity (Wildman–Crippen MR) is 67.2 cm³/mol. The molecule has 4 nitrogen and oxygen atoms in total. The monoisotopic (exact) mass is 291 g/mol. The number of aromatic nitrogens is 2. The number of hydrogen-bond acceptors (Lipinski definition) is 5. The third kappa shape index (κ3) is 4.81. The van der Waals surface area contributed by atoms with Crippen LogP contribution in [0, 0.1) is 0 Å². The lowest BCUT2D eigenvalue weighted by molar-refractivity contribution is 0.0995. The van der Waals surface area contributed by atoms with Crippen molar-refractivity contribution in [3.05, 3.63) is 16.9 Å². The van der Waals surface area contributed by atoms with Gasteiger partial charge in [0.1, 0.15) is 0 Å². The summed E-state index contributed by atoms with van der Waals surface area (Å²) < 4.78 is 0.837. The average molecular weight is 292 g/mol. The highest BCUT2D eigenvalue weighted by Gasteiger charge is 2.19. The standard InChI is InChI=1S/C9H14BrN3OS/c1-9(14,6-15-2)5-13-8-11-3-7(10)4-12-8/h3-4,14H,5-6H2,1-2H3,(H,11,12,13). The summed E-state index contributed by atoms with van der Waals surface area (Å²) in [5.74, 6) is 1.20. The van der Waals surface area contributed by atoms with Crippen molar-refractivity contribution >= 4 is 33.6 Å². The van der Waals surface area contributed by atoms with E-state index in [9.17, 15) is 5.11 Å². The van der Waals surface area contributed by atoms with Crippen LogP contribution in [0.25, 0.3) is 0 Å². The molecule has 1 rings (SSSR count). The van der Waals surface area contributed by atoms with E-state index in [1.807, 2.05) is 6.26 Å². The van der Waals surface area contributed by atoms with Gasteiger partial charge in [-0.1, -0.05) is 0 Å². The number of anilines is 1. The fraction of sp³-hybridized carbons (Fsp3) is 0.556. The minimum atomic E-state index is -0.740. The van der Waals surface area contributed by atoms with Crippen molar-refractivity contribution in [3.63, 3.8) is 0 Å². The van der Waals surface area contributed by atoms with Crippen molar-refractivity contribution in [1.82, 2.24) is 9.97 Å². The van der Waals surface area contributed by atoms with E-state index in [2.05, 4.69) is 31.2 Å². The van der Waals surface area contributed by atoms with Gasteiger partial charge in [-0.25, -0.2) is 9.97 Å². The third-order valence-corrected chi connectivity index (χ3v) is 3.02. The number of thioether (sulfide) groups is 1. The van der Waals surface area contributed by atoms with Crippen LogP contribution >= 0.6 is 27.7 Å². The van der Waals surface area contributed by atoms with Gasteiger partial charge in [-0.15, -0.1) is 0 Å². The van der Waals surface area contributed by atoms with Crippen LogP contribution in [0.2, 0.25) is 0 Å². The summed E-state index contributed by atoms with van der Waals surface area (Å²) in [5, 5.41) is 12.9. The van der Waals surface area contributed by atoms with Gasteiger partial charge in [-0.05, 0) is 29.1 Å². The van der Waals surface area contributed by atoms with Gasteiger partial charge in [0.25, 0.3) is 0 Å². The largest absolute Gasteiger partial charge is 0.387 e. The van der Waals surface area contributed by atoms with Gasteiger partial charge >= 0.3 is 0 Å². The molecular weight excluding hydrogens is 278 g/mol. The number of nitrogens with zero attached hydrogens (tertiary/aromatic N) is 2. The van der Waals surface area contributed by atoms with E-state index in [1.54, 1.807) is 31.1 Å². The van der Waals surface area contributed by atoms with Gasteiger partial charge in [0.05, 0.1) is 10.1 Å². The van der Waals surface area contributed by atoms with Crippen LogP contribution < -0.4 is 5.32 Å². The molecule has 0 spiro atoms. The van der Waals surface area contributed by atoms with Crippen LogP contribution in [0.1, 0.15) is 6.92 Å². The number of nitrogens with one attached hydrogen (secondary N) is 1. The molecule has 6 heteroatoms. The van der Waals surface area contributed by atoms with E-state index in [4.69, 9.17) is 0 Å². The first-order chi connectivity index (χ1) is 7.03. The zero-order valence-electron chi connectivity index (χ0n) is 8.70. The first-order valence-corrected chi connectivity index (χ1v) is 6.65. The molecule has 0 radical (unpaired) electrons. The lowest BCUT2D eigenvalue weighted by atomic mass is 10.1. The van der Waals surface area contributed by atoms with Gasteiger partial charge < -0.3 is 10.4 Å². The molecule has 1 aromatic rings. The fourth-order valence-electron chi connectivity index (χ4n) is 1.04. The molecule has 0 aliphatic heterocycles. The zero-order chi connectivity index (χ0) is 11.3. The molecule has 0 aliphatic rings. The van der Waals surface area contributed by atoms with Crippen molar-refractivity contribution in [1.29, 1.82) is 0 Å². The summed E-state index contributed by atoms with van der Waals surface area (Å²) in [4.78, 5) is 8.11. The maximum absolute atomic E-state index is 9.88. The molecule has 0 aliphatic carbocycles. The Morgan fingerprint density at radius 2 is 2.13 bits per heavy atom. The maximum Gasteiger partial charge on any atom is 0.222 e. The van der Waals surface area contributed by atoms with E-state index >= 15 is 0 Å². The van der Waals surface area contributed by atoms with Crippen LogP contribution in [0.4, 0.5) is 5.95 Å². The Labute approximate surface area is 102 Å². The molecule has 0 bridgehead atoms. The molecule has 0 saturated carbocycles. The molecule has 1 heterocycles. The minimum absolute atomic E-state index is 0.440. The van der Waals surface area contributed by atoms with Gasteiger partial charge in [-0.2, -0.15) is 11.8 Å². The first-order valence-electron chi connectivity index (χ1n) is 4.46. The van der Waals surface area contributed by atoms with Crippen LogP contribution in [-0.4, -0.2) is 39.2 Å². The lowest BCUT2D eigenvalue weighted by Gasteiger charge is -2.22. The number of rotatable bonds is 5. The summed E-state index contributed by atoms with van der Waals surface area (Å²) >= 11 is 4.86. The van der Waals surface area contributed by atoms with Gasteiger partial charge in [-0.3, -0.25) is 0 Å². The van der Waals surface area contributed by atoms with Gasteiger partial charge in [0, 0.05) is 24.7 Å². The Morgan fingerprint density at radius 1 is 1.53 bits per heavy atom. The maximum atomic E-state index is 9.88. The number of halogens is 1. The van der Waals surface area contributed by atoms with Crippen molar-refractivity contribution in [2.75, 3.05) is 23.9 Å². The molecule has 15 heavy (non-hydrogen) atoms. The SMILES string of the molecule is CSCC(C)(O)CNc1ncc(Br)cn1. The zero-order valence-corrected chi connectivity index (χ0v) is 11.1. The summed E-state index contributed by atoms with van der Waals surface area (Å²) in [6, 6.07) is 0. The molecule has 84 valence electrons. The normalized spacial score (nSPS) is 14.7. The van der Waals surface area contributed by atoms with Crippen LogP contribution in [-0.2, 0) is 0 Å². The fourth-order valence-corrected chi connectivity index (χ4v) is 1.96. The van der Waals surface area contributed by atoms with Crippen molar-refractivity contribution in [2.45, 2.75) is 12.5 Å². The Kier molecular flexibility index (Phi) is 4.82. The molecule has 0 aromatic carbocycles. The van der Waals surface area contributed by atoms with Crippen molar-refractivity contribution in [3.8, 4) is 0 Å². The van der Waals surface area contributed by atoms with E-state index < -0.39 is 5.60 Å². The van der Waals surface area contributed by atoms with Gasteiger partial charge in [0.15, 0.2) is 0 Å². The Hall–Kier alpha value is -0.330. The Balaban J connectivity index is 2.46. The topological polar surface area (TPSA) is 58.0 Å². The summed E-state index contributed by atoms with van der Waals surface area (Å²) in [6.07, 6.45) is 5.29. The molecular formula is C9H14BrN3OS. The number of aliphatic hydroxyl groups is 1. The molecule has 0 saturated heterocycles. The Bertz CT molecular complexity index is 305. The van der Waals surface area contributed by atoms with Crippen molar-refractivity contribution in [2.24, 2.45) is 0 Å². The highest BCUT2D eigenvalue weighted by molar-refractivity contribution is 9.10. The molecule has 0 amide bonds. The van der Waals surface area contributed by atoms with Crippen LogP contribution in [0.3, 0.4) is 0 Å². The summed E-state index contributed by atoms with van der Waals surface area (Å²) in [5.41, 5.74) is -0.740. The second-order valence-electron chi connectivity index (χ2n) is 3.51. The van der Waals surface area contributed by atoms with E-state index in [0.29, 0.717) is 18.2 Å². The Morgan fingerprint density at radius 3 is 2.67 bits per heavy atom.